The molecule has 0 aromatic heterocycles. The summed E-state index contributed by atoms with van der Waals surface area (Å²) in [6, 6.07) is 2.04. The second-order valence-electron chi connectivity index (χ2n) is 2.90. The summed E-state index contributed by atoms with van der Waals surface area (Å²) in [5, 5.41) is 8.60. The molecule has 1 aliphatic rings. The van der Waals surface area contributed by atoms with Crippen LogP contribution in [-0.2, 0) is 4.74 Å². The molecule has 3 nitrogen and oxygen atoms in total. The molecule has 0 aromatic carbocycles. The van der Waals surface area contributed by atoms with Gasteiger partial charge >= 0.3 is 0 Å². The van der Waals surface area contributed by atoms with Gasteiger partial charge in [0.05, 0.1) is 12.2 Å². The van der Waals surface area contributed by atoms with Crippen LogP contribution in [0.1, 0.15) is 19.8 Å². The first-order valence-electron chi connectivity index (χ1n) is 3.48. The minimum atomic E-state index is -0.795. The van der Waals surface area contributed by atoms with Gasteiger partial charge < -0.3 is 10.5 Å². The summed E-state index contributed by atoms with van der Waals surface area (Å²) in [7, 11) is 0. The Bertz CT molecular complexity index is 153. The van der Waals surface area contributed by atoms with E-state index in [-0.39, 0.29) is 6.10 Å². The second-order valence-corrected chi connectivity index (χ2v) is 2.90. The van der Waals surface area contributed by atoms with E-state index in [9.17, 15) is 0 Å². The van der Waals surface area contributed by atoms with Gasteiger partial charge in [0, 0.05) is 6.61 Å². The van der Waals surface area contributed by atoms with Gasteiger partial charge in [0.2, 0.25) is 0 Å². The Morgan fingerprint density at radius 3 is 2.90 bits per heavy atom. The van der Waals surface area contributed by atoms with Gasteiger partial charge in [-0.25, -0.2) is 0 Å². The van der Waals surface area contributed by atoms with Crippen molar-refractivity contribution >= 4 is 0 Å². The zero-order chi connectivity index (χ0) is 7.61. The van der Waals surface area contributed by atoms with Crippen LogP contribution in [0.4, 0.5) is 0 Å². The Balaban J connectivity index is 2.56. The second kappa shape index (κ2) is 2.57. The van der Waals surface area contributed by atoms with E-state index in [0.29, 0.717) is 0 Å². The number of hydrogen-bond donors (Lipinski definition) is 1. The first-order chi connectivity index (χ1) is 4.67. The summed E-state index contributed by atoms with van der Waals surface area (Å²) < 4.78 is 5.26. The zero-order valence-corrected chi connectivity index (χ0v) is 6.13. The molecule has 10 heavy (non-hydrogen) atoms. The zero-order valence-electron chi connectivity index (χ0n) is 6.13. The monoisotopic (exact) mass is 140 g/mol. The Morgan fingerprint density at radius 1 is 1.80 bits per heavy atom. The molecule has 0 saturated carbocycles. The highest BCUT2D eigenvalue weighted by atomic mass is 16.5. The third-order valence-corrected chi connectivity index (χ3v) is 1.84. The van der Waals surface area contributed by atoms with E-state index in [1.165, 1.54) is 0 Å². The summed E-state index contributed by atoms with van der Waals surface area (Å²) in [5.74, 6) is 0. The molecule has 0 aliphatic carbocycles. The molecule has 2 atom stereocenters. The van der Waals surface area contributed by atoms with Gasteiger partial charge in [-0.15, -0.1) is 0 Å². The summed E-state index contributed by atoms with van der Waals surface area (Å²) in [4.78, 5) is 0. The van der Waals surface area contributed by atoms with Gasteiger partial charge in [-0.2, -0.15) is 5.26 Å². The Hall–Kier alpha value is -0.590. The molecule has 0 spiro atoms. The van der Waals surface area contributed by atoms with Crippen LogP contribution in [0.25, 0.3) is 0 Å². The van der Waals surface area contributed by atoms with Crippen molar-refractivity contribution in [3.8, 4) is 6.07 Å². The number of hydrogen-bond acceptors (Lipinski definition) is 3. The third kappa shape index (κ3) is 1.28. The average molecular weight is 140 g/mol. The maximum atomic E-state index is 8.60. The standard InChI is InChI=1S/C7H12N2O/c1-7(9,5-8)6-3-2-4-10-6/h6H,2-4,9H2,1H3. The van der Waals surface area contributed by atoms with Crippen LogP contribution in [0.3, 0.4) is 0 Å². The van der Waals surface area contributed by atoms with Crippen LogP contribution in [-0.4, -0.2) is 18.2 Å². The van der Waals surface area contributed by atoms with Gasteiger partial charge in [0.25, 0.3) is 0 Å². The maximum absolute atomic E-state index is 8.60. The Kier molecular flexibility index (Phi) is 1.93. The van der Waals surface area contributed by atoms with Crippen LogP contribution in [0.2, 0.25) is 0 Å². The van der Waals surface area contributed by atoms with E-state index in [1.807, 2.05) is 6.07 Å². The van der Waals surface area contributed by atoms with Crippen molar-refractivity contribution in [2.75, 3.05) is 6.61 Å². The van der Waals surface area contributed by atoms with E-state index < -0.39 is 5.54 Å². The molecular formula is C7H12N2O. The number of nitrogens with zero attached hydrogens (tertiary/aromatic N) is 1. The van der Waals surface area contributed by atoms with Crippen molar-refractivity contribution < 1.29 is 4.74 Å². The summed E-state index contributed by atoms with van der Waals surface area (Å²) in [6.45, 7) is 2.46. The van der Waals surface area contributed by atoms with E-state index in [1.54, 1.807) is 6.92 Å². The van der Waals surface area contributed by atoms with Crippen molar-refractivity contribution in [2.45, 2.75) is 31.4 Å². The van der Waals surface area contributed by atoms with E-state index >= 15 is 0 Å². The van der Waals surface area contributed by atoms with Gasteiger partial charge in [0.1, 0.15) is 5.54 Å². The van der Waals surface area contributed by atoms with Gasteiger partial charge in [-0.05, 0) is 19.8 Å². The minimum absolute atomic E-state index is 0.0579. The topological polar surface area (TPSA) is 59.0 Å². The molecule has 1 rings (SSSR count). The first-order valence-corrected chi connectivity index (χ1v) is 3.48. The van der Waals surface area contributed by atoms with Gasteiger partial charge in [-0.1, -0.05) is 0 Å². The molecule has 0 aromatic rings. The highest BCUT2D eigenvalue weighted by Gasteiger charge is 2.33. The number of nitriles is 1. The lowest BCUT2D eigenvalue weighted by molar-refractivity contribution is 0.0737. The molecule has 2 unspecified atom stereocenters. The molecule has 1 saturated heterocycles. The molecule has 56 valence electrons. The molecular weight excluding hydrogens is 128 g/mol. The first kappa shape index (κ1) is 7.52. The van der Waals surface area contributed by atoms with E-state index in [0.717, 1.165) is 19.4 Å². The van der Waals surface area contributed by atoms with Crippen molar-refractivity contribution in [2.24, 2.45) is 5.73 Å². The number of nitrogens with two attached hydrogens (primary N) is 1. The fourth-order valence-electron chi connectivity index (χ4n) is 1.12. The SMILES string of the molecule is CC(N)(C#N)C1CCCO1. The fraction of sp³-hybridized carbons (Fsp3) is 0.857. The van der Waals surface area contributed by atoms with E-state index in [2.05, 4.69) is 0 Å². The predicted octanol–water partition coefficient (Wildman–Crippen LogP) is 0.406. The fourth-order valence-corrected chi connectivity index (χ4v) is 1.12. The molecule has 0 amide bonds. The van der Waals surface area contributed by atoms with Crippen LogP contribution in [0.5, 0.6) is 0 Å². The normalized spacial score (nSPS) is 31.1. The molecule has 0 bridgehead atoms. The highest BCUT2D eigenvalue weighted by Crippen LogP contribution is 2.20. The lowest BCUT2D eigenvalue weighted by atomic mass is 9.96. The molecule has 1 heterocycles. The lowest BCUT2D eigenvalue weighted by Gasteiger charge is -2.22. The molecule has 0 radical (unpaired) electrons. The van der Waals surface area contributed by atoms with Crippen LogP contribution in [0, 0.1) is 11.3 Å². The van der Waals surface area contributed by atoms with Crippen molar-refractivity contribution in [1.29, 1.82) is 5.26 Å². The van der Waals surface area contributed by atoms with Gasteiger partial charge in [0.15, 0.2) is 0 Å². The molecule has 2 N–H and O–H groups in total. The average Bonchev–Trinajstić information content (AvgIpc) is 2.38. The van der Waals surface area contributed by atoms with Crippen molar-refractivity contribution in [1.82, 2.24) is 0 Å². The molecule has 3 heteroatoms. The minimum Gasteiger partial charge on any atom is -0.375 e. The third-order valence-electron chi connectivity index (χ3n) is 1.84. The summed E-state index contributed by atoms with van der Waals surface area (Å²) in [5.41, 5.74) is 4.84. The predicted molar refractivity (Wildman–Crippen MR) is 37.2 cm³/mol. The largest absolute Gasteiger partial charge is 0.375 e. The Labute approximate surface area is 60.8 Å². The van der Waals surface area contributed by atoms with Crippen molar-refractivity contribution in [3.63, 3.8) is 0 Å². The quantitative estimate of drug-likeness (QED) is 0.573. The Morgan fingerprint density at radius 2 is 2.50 bits per heavy atom. The molecule has 1 aliphatic heterocycles. The van der Waals surface area contributed by atoms with Crippen LogP contribution in [0.15, 0.2) is 0 Å². The van der Waals surface area contributed by atoms with Crippen LogP contribution >= 0.6 is 0 Å². The number of rotatable bonds is 1. The van der Waals surface area contributed by atoms with E-state index in [4.69, 9.17) is 15.7 Å². The summed E-state index contributed by atoms with van der Waals surface area (Å²) in [6.07, 6.45) is 1.89. The van der Waals surface area contributed by atoms with Gasteiger partial charge in [-0.3, -0.25) is 0 Å². The lowest BCUT2D eigenvalue weighted by Crippen LogP contribution is -2.46. The summed E-state index contributed by atoms with van der Waals surface area (Å²) >= 11 is 0. The maximum Gasteiger partial charge on any atom is 0.127 e. The van der Waals surface area contributed by atoms with Crippen molar-refractivity contribution in [3.05, 3.63) is 0 Å². The highest BCUT2D eigenvalue weighted by molar-refractivity contribution is 5.07. The smallest absolute Gasteiger partial charge is 0.127 e. The number of ether oxygens (including phenoxy) is 1. The molecule has 1 fully saturated rings. The van der Waals surface area contributed by atoms with Crippen LogP contribution < -0.4 is 5.73 Å².